The van der Waals surface area contributed by atoms with Crippen LogP contribution < -0.4 is 27.3 Å². The molecule has 2 atom stereocenters. The van der Waals surface area contributed by atoms with E-state index in [4.69, 9.17) is 17.8 Å². The molecule has 0 radical (unpaired) electrons. The molecule has 0 fully saturated rings. The monoisotopic (exact) mass is 877 g/mol. The van der Waals surface area contributed by atoms with Gasteiger partial charge >= 0.3 is 22.5 Å². The van der Waals surface area contributed by atoms with Gasteiger partial charge in [-0.2, -0.15) is 13.0 Å². The van der Waals surface area contributed by atoms with E-state index in [1.807, 2.05) is 26.0 Å². The Labute approximate surface area is 363 Å². The number of aryl methyl sites for hydroxylation is 2. The van der Waals surface area contributed by atoms with Crippen molar-refractivity contribution in [3.63, 3.8) is 0 Å². The first-order valence-electron chi connectivity index (χ1n) is 21.0. The molecule has 0 spiro atoms. The van der Waals surface area contributed by atoms with E-state index in [1.54, 1.807) is 42.5 Å². The van der Waals surface area contributed by atoms with Gasteiger partial charge in [-0.05, 0) is 80.3 Å². The van der Waals surface area contributed by atoms with Crippen LogP contribution in [0.2, 0.25) is 0 Å². The number of unbranched alkanes of at least 4 members (excludes halogenated alkanes) is 10. The Balaban J connectivity index is 1.35. The highest BCUT2D eigenvalue weighted by atomic mass is 32.2. The van der Waals surface area contributed by atoms with Crippen molar-refractivity contribution in [3.05, 3.63) is 77.5 Å². The van der Waals surface area contributed by atoms with Gasteiger partial charge in [0.15, 0.2) is 34.5 Å². The van der Waals surface area contributed by atoms with Crippen molar-refractivity contribution in [1.29, 1.82) is 0 Å². The third-order valence-electron chi connectivity index (χ3n) is 9.77. The van der Waals surface area contributed by atoms with Crippen LogP contribution in [0.5, 0.6) is 23.0 Å². The number of aromatic amines is 1. The van der Waals surface area contributed by atoms with Gasteiger partial charge < -0.3 is 17.8 Å². The first kappa shape index (κ1) is 46.6. The summed E-state index contributed by atoms with van der Waals surface area (Å²) in [5.74, 6) is 0.861. The van der Waals surface area contributed by atoms with Crippen molar-refractivity contribution in [2.45, 2.75) is 112 Å². The van der Waals surface area contributed by atoms with Crippen LogP contribution in [0, 0.1) is 13.8 Å². The van der Waals surface area contributed by atoms with Crippen LogP contribution >= 0.6 is 0 Å². The summed E-state index contributed by atoms with van der Waals surface area (Å²) in [6, 6.07) is 17.3. The maximum Gasteiger partial charge on any atom is 0.316 e. The lowest BCUT2D eigenvalue weighted by Crippen LogP contribution is -2.31. The van der Waals surface area contributed by atoms with Crippen molar-refractivity contribution in [2.75, 3.05) is 29.7 Å². The molecule has 0 aliphatic rings. The number of benzene rings is 3. The Hall–Kier alpha value is -5.42. The number of ether oxygens (including phenoxy) is 2. The molecule has 330 valence electrons. The van der Waals surface area contributed by atoms with Crippen molar-refractivity contribution in [2.24, 2.45) is 0 Å². The standard InChI is InChI=1S/C44H59N7O8S2/c1-7-9-11-13-15-17-23-56-38-21-19-31(3)25-40(38)58-60(54)48-35-27-34(43-45-42-30-37(46-51(42)47-43)44(53)50(6)33(5)52)28-36(29-35)49-61(55)59-41-26-32(4)20-22-39(41)57-24-18-16-14-12-10-8-2/h19-22,25-30,46,48-49H,7-18,23-24H2,1-6H3. The highest BCUT2D eigenvalue weighted by molar-refractivity contribution is 7.82. The molecule has 2 aromatic heterocycles. The quantitative estimate of drug-likeness (QED) is 0.0453. The van der Waals surface area contributed by atoms with Gasteiger partial charge in [-0.25, -0.2) is 4.98 Å². The largest absolute Gasteiger partial charge is 0.490 e. The zero-order chi connectivity index (χ0) is 43.7. The van der Waals surface area contributed by atoms with Gasteiger partial charge in [-0.15, -0.1) is 5.10 Å². The summed E-state index contributed by atoms with van der Waals surface area (Å²) < 4.78 is 58.2. The van der Waals surface area contributed by atoms with E-state index in [0.717, 1.165) is 54.6 Å². The van der Waals surface area contributed by atoms with Crippen molar-refractivity contribution in [1.82, 2.24) is 24.7 Å². The third-order valence-corrected chi connectivity index (χ3v) is 11.2. The topological polar surface area (TPSA) is 178 Å². The fourth-order valence-electron chi connectivity index (χ4n) is 6.33. The fraction of sp³-hybridized carbons (Fsp3) is 0.455. The highest BCUT2D eigenvalue weighted by Gasteiger charge is 2.21. The van der Waals surface area contributed by atoms with Crippen LogP contribution in [0.1, 0.15) is 119 Å². The number of H-pyrrole nitrogens is 1. The second-order valence-electron chi connectivity index (χ2n) is 15.0. The van der Waals surface area contributed by atoms with Crippen LogP contribution in [0.4, 0.5) is 11.4 Å². The molecule has 0 saturated heterocycles. The molecule has 0 aliphatic carbocycles. The molecule has 0 bridgehead atoms. The molecule has 61 heavy (non-hydrogen) atoms. The maximum atomic E-state index is 13.6. The van der Waals surface area contributed by atoms with E-state index in [1.165, 1.54) is 63.2 Å². The average Bonchev–Trinajstić information content (AvgIpc) is 3.81. The number of fused-ring (bicyclic) bond motifs is 1. The minimum absolute atomic E-state index is 0.120. The number of imide groups is 1. The number of hydrogen-bond donors (Lipinski definition) is 3. The van der Waals surface area contributed by atoms with E-state index in [9.17, 15) is 18.0 Å². The predicted molar refractivity (Wildman–Crippen MR) is 240 cm³/mol. The summed E-state index contributed by atoms with van der Waals surface area (Å²) in [5.41, 5.74) is 3.29. The lowest BCUT2D eigenvalue weighted by atomic mass is 10.1. The van der Waals surface area contributed by atoms with Gasteiger partial charge in [0, 0.05) is 25.6 Å². The first-order chi connectivity index (χ1) is 29.4. The van der Waals surface area contributed by atoms with Gasteiger partial charge in [-0.1, -0.05) is 90.2 Å². The molecule has 5 rings (SSSR count). The molecule has 3 N–H and O–H groups in total. The Morgan fingerprint density at radius 1 is 0.689 bits per heavy atom. The highest BCUT2D eigenvalue weighted by Crippen LogP contribution is 2.33. The second kappa shape index (κ2) is 23.5. The first-order valence-corrected chi connectivity index (χ1v) is 23.2. The average molecular weight is 878 g/mol. The number of amides is 2. The van der Waals surface area contributed by atoms with Crippen molar-refractivity contribution in [3.8, 4) is 34.4 Å². The lowest BCUT2D eigenvalue weighted by Gasteiger charge is -2.15. The molecule has 2 heterocycles. The van der Waals surface area contributed by atoms with Gasteiger partial charge in [0.05, 0.1) is 24.6 Å². The van der Waals surface area contributed by atoms with Gasteiger partial charge in [0.1, 0.15) is 5.69 Å². The number of carbonyl (C=O) groups is 2. The van der Waals surface area contributed by atoms with Crippen molar-refractivity contribution >= 4 is 51.4 Å². The van der Waals surface area contributed by atoms with Gasteiger partial charge in [0.2, 0.25) is 5.91 Å². The zero-order valence-electron chi connectivity index (χ0n) is 36.0. The summed E-state index contributed by atoms with van der Waals surface area (Å²) in [7, 11) is 1.38. The Morgan fingerprint density at radius 2 is 1.18 bits per heavy atom. The summed E-state index contributed by atoms with van der Waals surface area (Å²) in [5, 5.41) is 7.37. The molecule has 2 amide bonds. The van der Waals surface area contributed by atoms with Crippen LogP contribution in [0.3, 0.4) is 0 Å². The number of aromatic nitrogens is 4. The van der Waals surface area contributed by atoms with Gasteiger partial charge in [-0.3, -0.25) is 29.0 Å². The second-order valence-corrected chi connectivity index (χ2v) is 16.7. The summed E-state index contributed by atoms with van der Waals surface area (Å²) in [6.07, 6.45) is 13.5. The normalized spacial score (nSPS) is 12.2. The molecule has 2 unspecified atom stereocenters. The molecular formula is C44H59N7O8S2. The molecule has 0 aliphatic heterocycles. The van der Waals surface area contributed by atoms with Crippen molar-refractivity contribution < 1.29 is 35.8 Å². The molecule has 0 saturated carbocycles. The number of carbonyl (C=O) groups excluding carboxylic acids is 2. The predicted octanol–water partition coefficient (Wildman–Crippen LogP) is 9.58. The molecule has 17 heteroatoms. The minimum atomic E-state index is -2.11. The summed E-state index contributed by atoms with van der Waals surface area (Å²) in [4.78, 5) is 30.1. The summed E-state index contributed by atoms with van der Waals surface area (Å²) in [6.45, 7) is 10.5. The fourth-order valence-corrected chi connectivity index (χ4v) is 7.62. The number of nitrogens with zero attached hydrogens (tertiary/aromatic N) is 4. The van der Waals surface area contributed by atoms with E-state index < -0.39 is 34.3 Å². The van der Waals surface area contributed by atoms with Crippen LogP contribution in [-0.2, 0) is 27.3 Å². The molecule has 15 nitrogen and oxygen atoms in total. The SMILES string of the molecule is CCCCCCCCOc1ccc(C)cc1OS(=O)Nc1cc(NS(=O)Oc2cc(C)ccc2OCCCCCCCC)cc(-c2nc3cc(C(=O)N(C)C(C)=O)[nH]n3n2)c1. The minimum Gasteiger partial charge on any atom is -0.490 e. The summed E-state index contributed by atoms with van der Waals surface area (Å²) >= 11 is -4.22. The van der Waals surface area contributed by atoms with E-state index >= 15 is 0 Å². The number of rotatable bonds is 26. The Bertz CT molecular complexity index is 2140. The number of nitrogens with one attached hydrogen (secondary N) is 3. The number of anilines is 2. The molecule has 3 aromatic carbocycles. The van der Waals surface area contributed by atoms with Crippen LogP contribution in [0.25, 0.3) is 17.0 Å². The smallest absolute Gasteiger partial charge is 0.316 e. The Morgan fingerprint density at radius 3 is 1.66 bits per heavy atom. The zero-order valence-corrected chi connectivity index (χ0v) is 37.7. The van der Waals surface area contributed by atoms with E-state index in [-0.39, 0.29) is 11.5 Å². The lowest BCUT2D eigenvalue weighted by molar-refractivity contribution is -0.125. The van der Waals surface area contributed by atoms with Gasteiger partial charge in [0.25, 0.3) is 5.91 Å². The third kappa shape index (κ3) is 14.3. The van der Waals surface area contributed by atoms with Crippen LogP contribution in [0.15, 0.2) is 60.7 Å². The van der Waals surface area contributed by atoms with Crippen LogP contribution in [-0.4, -0.2) is 65.2 Å². The Kier molecular flexibility index (Phi) is 18.0. The maximum absolute atomic E-state index is 13.6. The number of hydrogen-bond acceptors (Lipinski definition) is 10. The van der Waals surface area contributed by atoms with E-state index in [2.05, 4.69) is 38.5 Å². The van der Waals surface area contributed by atoms with E-state index in [0.29, 0.717) is 58.8 Å². The molecular weight excluding hydrogens is 819 g/mol. The molecule has 5 aromatic rings.